The molecular formula is C21H15ClN2O2. The minimum Gasteiger partial charge on any atom is -0.505 e. The summed E-state index contributed by atoms with van der Waals surface area (Å²) in [6, 6.07) is 24.1. The number of aliphatic hydroxyl groups is 1. The van der Waals surface area contributed by atoms with Crippen molar-refractivity contribution in [2.24, 2.45) is 10.2 Å². The summed E-state index contributed by atoms with van der Waals surface area (Å²) in [5.41, 5.74) is 1.30. The van der Waals surface area contributed by atoms with E-state index in [1.165, 1.54) is 0 Å². The Morgan fingerprint density at radius 2 is 1.31 bits per heavy atom. The zero-order valence-corrected chi connectivity index (χ0v) is 14.5. The number of rotatable bonds is 5. The van der Waals surface area contributed by atoms with Gasteiger partial charge in [0, 0.05) is 16.1 Å². The van der Waals surface area contributed by atoms with Crippen LogP contribution in [0.4, 0.5) is 5.69 Å². The van der Waals surface area contributed by atoms with Gasteiger partial charge in [0.15, 0.2) is 11.5 Å². The quantitative estimate of drug-likeness (QED) is 0.253. The fourth-order valence-electron chi connectivity index (χ4n) is 2.27. The number of azo groups is 1. The van der Waals surface area contributed by atoms with Gasteiger partial charge in [-0.2, -0.15) is 5.11 Å². The highest BCUT2D eigenvalue weighted by Crippen LogP contribution is 2.23. The van der Waals surface area contributed by atoms with Crippen molar-refractivity contribution in [1.82, 2.24) is 0 Å². The molecule has 0 bridgehead atoms. The van der Waals surface area contributed by atoms with Crippen molar-refractivity contribution in [1.29, 1.82) is 0 Å². The Morgan fingerprint density at radius 1 is 0.769 bits per heavy atom. The SMILES string of the molecule is O=C(/C(N=Nc1ccc(Cl)cc1)=C(/O)c1ccccc1)c1ccccc1. The van der Waals surface area contributed by atoms with Gasteiger partial charge in [-0.3, -0.25) is 4.79 Å². The predicted molar refractivity (Wildman–Crippen MR) is 103 cm³/mol. The zero-order chi connectivity index (χ0) is 18.4. The van der Waals surface area contributed by atoms with Gasteiger partial charge in [0.1, 0.15) is 0 Å². The molecule has 1 N–H and O–H groups in total. The van der Waals surface area contributed by atoms with Crippen molar-refractivity contribution in [3.05, 3.63) is 107 Å². The predicted octanol–water partition coefficient (Wildman–Crippen LogP) is 6.23. The van der Waals surface area contributed by atoms with Crippen LogP contribution in [0, 0.1) is 0 Å². The Hall–Kier alpha value is -3.24. The molecule has 3 rings (SSSR count). The van der Waals surface area contributed by atoms with E-state index >= 15 is 0 Å². The molecule has 3 aromatic carbocycles. The van der Waals surface area contributed by atoms with Crippen LogP contribution in [0.1, 0.15) is 15.9 Å². The number of benzene rings is 3. The first-order valence-electron chi connectivity index (χ1n) is 7.91. The molecule has 0 radical (unpaired) electrons. The average Bonchev–Trinajstić information content (AvgIpc) is 2.70. The Labute approximate surface area is 156 Å². The van der Waals surface area contributed by atoms with Crippen LogP contribution in [0.15, 0.2) is 101 Å². The van der Waals surface area contributed by atoms with E-state index in [-0.39, 0.29) is 11.5 Å². The maximum Gasteiger partial charge on any atom is 0.217 e. The summed E-state index contributed by atoms with van der Waals surface area (Å²) in [7, 11) is 0. The lowest BCUT2D eigenvalue weighted by atomic mass is 10.1. The van der Waals surface area contributed by atoms with Gasteiger partial charge in [-0.05, 0) is 24.3 Å². The second kappa shape index (κ2) is 8.23. The second-order valence-corrected chi connectivity index (χ2v) is 5.87. The van der Waals surface area contributed by atoms with Crippen molar-refractivity contribution in [3.63, 3.8) is 0 Å². The Bertz CT molecular complexity index is 950. The van der Waals surface area contributed by atoms with E-state index in [9.17, 15) is 9.90 Å². The highest BCUT2D eigenvalue weighted by Gasteiger charge is 2.18. The summed E-state index contributed by atoms with van der Waals surface area (Å²) in [5.74, 6) is -0.637. The van der Waals surface area contributed by atoms with Crippen LogP contribution in [0.2, 0.25) is 5.02 Å². The third-order valence-corrected chi connectivity index (χ3v) is 3.87. The van der Waals surface area contributed by atoms with Gasteiger partial charge < -0.3 is 5.11 Å². The van der Waals surface area contributed by atoms with Crippen molar-refractivity contribution < 1.29 is 9.90 Å². The average molecular weight is 363 g/mol. The van der Waals surface area contributed by atoms with Gasteiger partial charge in [0.05, 0.1) is 5.69 Å². The highest BCUT2D eigenvalue weighted by molar-refractivity contribution is 6.30. The number of allylic oxidation sites excluding steroid dienone is 1. The number of carbonyl (C=O) groups is 1. The Balaban J connectivity index is 2.04. The van der Waals surface area contributed by atoms with E-state index in [1.807, 2.05) is 12.1 Å². The molecule has 5 heteroatoms. The van der Waals surface area contributed by atoms with Gasteiger partial charge in [0.2, 0.25) is 5.78 Å². The number of aliphatic hydroxyl groups excluding tert-OH is 1. The Morgan fingerprint density at radius 3 is 1.88 bits per heavy atom. The molecule has 0 aliphatic heterocycles. The van der Waals surface area contributed by atoms with Crippen molar-refractivity contribution in [2.75, 3.05) is 0 Å². The molecule has 0 aliphatic rings. The lowest BCUT2D eigenvalue weighted by Crippen LogP contribution is -2.04. The van der Waals surface area contributed by atoms with Gasteiger partial charge in [-0.25, -0.2) is 0 Å². The molecule has 128 valence electrons. The van der Waals surface area contributed by atoms with Gasteiger partial charge in [0.25, 0.3) is 0 Å². The summed E-state index contributed by atoms with van der Waals surface area (Å²) in [5, 5.41) is 19.3. The first-order chi connectivity index (χ1) is 12.6. The molecule has 0 heterocycles. The van der Waals surface area contributed by atoms with Crippen molar-refractivity contribution in [2.45, 2.75) is 0 Å². The molecule has 0 spiro atoms. The first kappa shape index (κ1) is 17.6. The fourth-order valence-corrected chi connectivity index (χ4v) is 2.40. The number of hydrogen-bond acceptors (Lipinski definition) is 4. The molecule has 0 aromatic heterocycles. The van der Waals surface area contributed by atoms with Crippen LogP contribution in [0.5, 0.6) is 0 Å². The van der Waals surface area contributed by atoms with Crippen LogP contribution in [-0.2, 0) is 0 Å². The van der Waals surface area contributed by atoms with Crippen molar-refractivity contribution >= 4 is 28.8 Å². The molecule has 0 aliphatic carbocycles. The van der Waals surface area contributed by atoms with Crippen molar-refractivity contribution in [3.8, 4) is 0 Å². The number of Topliss-reactive ketones (excluding diaryl/α,β-unsaturated/α-hetero) is 1. The minimum absolute atomic E-state index is 0.127. The number of carbonyl (C=O) groups excluding carboxylic acids is 1. The van der Waals surface area contributed by atoms with E-state index in [0.29, 0.717) is 21.8 Å². The monoisotopic (exact) mass is 362 g/mol. The van der Waals surface area contributed by atoms with Gasteiger partial charge >= 0.3 is 0 Å². The van der Waals surface area contributed by atoms with E-state index in [1.54, 1.807) is 72.8 Å². The zero-order valence-electron chi connectivity index (χ0n) is 13.7. The highest BCUT2D eigenvalue weighted by atomic mass is 35.5. The van der Waals surface area contributed by atoms with E-state index in [0.717, 1.165) is 0 Å². The van der Waals surface area contributed by atoms with E-state index in [4.69, 9.17) is 11.6 Å². The second-order valence-electron chi connectivity index (χ2n) is 5.43. The first-order valence-corrected chi connectivity index (χ1v) is 8.28. The van der Waals surface area contributed by atoms with Crippen LogP contribution in [-0.4, -0.2) is 10.9 Å². The summed E-state index contributed by atoms with van der Waals surface area (Å²) >= 11 is 5.86. The topological polar surface area (TPSA) is 62.0 Å². The Kier molecular flexibility index (Phi) is 5.56. The minimum atomic E-state index is -0.412. The molecule has 0 saturated carbocycles. The third kappa shape index (κ3) is 4.23. The number of halogens is 1. The molecular weight excluding hydrogens is 348 g/mol. The number of hydrogen-bond donors (Lipinski definition) is 1. The molecule has 0 saturated heterocycles. The molecule has 26 heavy (non-hydrogen) atoms. The molecule has 0 unspecified atom stereocenters. The molecule has 3 aromatic rings. The molecule has 0 amide bonds. The molecule has 4 nitrogen and oxygen atoms in total. The normalized spacial score (nSPS) is 12.0. The summed E-state index contributed by atoms with van der Waals surface area (Å²) in [6.45, 7) is 0. The van der Waals surface area contributed by atoms with E-state index in [2.05, 4.69) is 10.2 Å². The maximum absolute atomic E-state index is 12.8. The smallest absolute Gasteiger partial charge is 0.217 e. The van der Waals surface area contributed by atoms with E-state index < -0.39 is 5.78 Å². The lowest BCUT2D eigenvalue weighted by Gasteiger charge is -2.06. The van der Waals surface area contributed by atoms with Crippen LogP contribution < -0.4 is 0 Å². The molecule has 0 atom stereocenters. The fraction of sp³-hybridized carbons (Fsp3) is 0. The summed E-state index contributed by atoms with van der Waals surface area (Å²) in [6.07, 6.45) is 0. The van der Waals surface area contributed by atoms with Crippen LogP contribution >= 0.6 is 11.6 Å². The lowest BCUT2D eigenvalue weighted by molar-refractivity contribution is 0.103. The molecule has 0 fully saturated rings. The number of ketones is 1. The standard InChI is InChI=1S/C21H15ClN2O2/c22-17-11-13-18(14-12-17)23-24-19(20(25)15-7-3-1-4-8-15)21(26)16-9-5-2-6-10-16/h1-14,25H/b20-19-,24-23?. The van der Waals surface area contributed by atoms with Gasteiger partial charge in [-0.1, -0.05) is 72.3 Å². The van der Waals surface area contributed by atoms with Crippen LogP contribution in [0.3, 0.4) is 0 Å². The third-order valence-electron chi connectivity index (χ3n) is 3.61. The largest absolute Gasteiger partial charge is 0.505 e. The number of nitrogens with zero attached hydrogens (tertiary/aromatic N) is 2. The maximum atomic E-state index is 12.8. The summed E-state index contributed by atoms with van der Waals surface area (Å²) in [4.78, 5) is 12.8. The summed E-state index contributed by atoms with van der Waals surface area (Å²) < 4.78 is 0. The van der Waals surface area contributed by atoms with Gasteiger partial charge in [-0.15, -0.1) is 5.11 Å². The van der Waals surface area contributed by atoms with Crippen LogP contribution in [0.25, 0.3) is 5.76 Å².